The Kier molecular flexibility index (Phi) is 3.11. The van der Waals surface area contributed by atoms with Gasteiger partial charge in [0, 0.05) is 19.0 Å². The Balaban J connectivity index is 2.28. The molecule has 1 amide bonds. The predicted octanol–water partition coefficient (Wildman–Crippen LogP) is 0.692. The van der Waals surface area contributed by atoms with Crippen molar-refractivity contribution in [3.63, 3.8) is 0 Å². The monoisotopic (exact) mass is 187 g/mol. The first kappa shape index (κ1) is 9.83. The molecule has 0 spiro atoms. The normalized spacial score (nSPS) is 20.7. The fraction of sp³-hybridized carbons (Fsp3) is 0.750. The average molecular weight is 187 g/mol. The highest BCUT2D eigenvalue weighted by Gasteiger charge is 2.32. The zero-order chi connectivity index (χ0) is 9.84. The van der Waals surface area contributed by atoms with Gasteiger partial charge in [0.2, 0.25) is 0 Å². The van der Waals surface area contributed by atoms with E-state index in [1.165, 1.54) is 7.11 Å². The van der Waals surface area contributed by atoms with Crippen LogP contribution in [-0.2, 0) is 9.53 Å². The fourth-order valence-electron chi connectivity index (χ4n) is 1.39. The van der Waals surface area contributed by atoms with E-state index in [9.17, 15) is 9.59 Å². The third-order valence-corrected chi connectivity index (χ3v) is 2.24. The van der Waals surface area contributed by atoms with Crippen molar-refractivity contribution in [3.05, 3.63) is 0 Å². The number of carboxylic acid groups (broad SMARTS) is 1. The van der Waals surface area contributed by atoms with E-state index in [2.05, 4.69) is 4.74 Å². The van der Waals surface area contributed by atoms with E-state index >= 15 is 0 Å². The highest BCUT2D eigenvalue weighted by Crippen LogP contribution is 2.22. The van der Waals surface area contributed by atoms with Crippen LogP contribution in [0.1, 0.15) is 19.3 Å². The molecule has 5 heteroatoms. The van der Waals surface area contributed by atoms with Crippen molar-refractivity contribution in [1.29, 1.82) is 0 Å². The van der Waals surface area contributed by atoms with E-state index in [0.717, 1.165) is 6.42 Å². The van der Waals surface area contributed by atoms with E-state index in [1.54, 1.807) is 4.90 Å². The molecule has 0 aromatic carbocycles. The van der Waals surface area contributed by atoms with Crippen LogP contribution in [0.25, 0.3) is 0 Å². The summed E-state index contributed by atoms with van der Waals surface area (Å²) in [5, 5.41) is 8.43. The summed E-state index contributed by atoms with van der Waals surface area (Å²) in [6, 6.07) is 0.0588. The highest BCUT2D eigenvalue weighted by molar-refractivity contribution is 5.69. The molecule has 13 heavy (non-hydrogen) atoms. The zero-order valence-electron chi connectivity index (χ0n) is 7.52. The largest absolute Gasteiger partial charge is 0.481 e. The number of carbonyl (C=O) groups is 2. The van der Waals surface area contributed by atoms with Crippen molar-refractivity contribution in [2.45, 2.75) is 25.3 Å². The van der Waals surface area contributed by atoms with Gasteiger partial charge in [-0.1, -0.05) is 0 Å². The Morgan fingerprint density at radius 1 is 1.62 bits per heavy atom. The molecule has 1 aliphatic heterocycles. The molecule has 1 fully saturated rings. The summed E-state index contributed by atoms with van der Waals surface area (Å²) in [5.41, 5.74) is 0. The van der Waals surface area contributed by atoms with Crippen LogP contribution in [0.15, 0.2) is 0 Å². The van der Waals surface area contributed by atoms with E-state index in [-0.39, 0.29) is 18.6 Å². The fourth-order valence-corrected chi connectivity index (χ4v) is 1.39. The third kappa shape index (κ3) is 2.34. The number of ether oxygens (including phenoxy) is 1. The maximum atomic E-state index is 11.0. The van der Waals surface area contributed by atoms with Crippen LogP contribution in [0.5, 0.6) is 0 Å². The van der Waals surface area contributed by atoms with Gasteiger partial charge < -0.3 is 14.7 Å². The van der Waals surface area contributed by atoms with E-state index in [1.807, 2.05) is 0 Å². The Morgan fingerprint density at radius 2 is 2.31 bits per heavy atom. The Bertz CT molecular complexity index is 216. The van der Waals surface area contributed by atoms with Crippen molar-refractivity contribution in [2.24, 2.45) is 0 Å². The standard InChI is InChI=1S/C8H13NO4/c1-13-8(12)9-5-4-6(9)2-3-7(10)11/h6H,2-5H2,1H3,(H,10,11). The molecule has 0 radical (unpaired) electrons. The number of nitrogens with zero attached hydrogens (tertiary/aromatic N) is 1. The van der Waals surface area contributed by atoms with E-state index in [4.69, 9.17) is 5.11 Å². The van der Waals surface area contributed by atoms with Crippen LogP contribution in [-0.4, -0.2) is 41.8 Å². The molecule has 1 heterocycles. The molecule has 74 valence electrons. The van der Waals surface area contributed by atoms with Crippen molar-refractivity contribution in [3.8, 4) is 0 Å². The number of aliphatic carboxylic acids is 1. The second-order valence-corrected chi connectivity index (χ2v) is 3.04. The van der Waals surface area contributed by atoms with Crippen molar-refractivity contribution in [1.82, 2.24) is 4.90 Å². The zero-order valence-corrected chi connectivity index (χ0v) is 7.52. The molecule has 1 unspecified atom stereocenters. The smallest absolute Gasteiger partial charge is 0.409 e. The van der Waals surface area contributed by atoms with Gasteiger partial charge in [-0.15, -0.1) is 0 Å². The molecule has 1 N–H and O–H groups in total. The van der Waals surface area contributed by atoms with Gasteiger partial charge in [0.25, 0.3) is 0 Å². The Morgan fingerprint density at radius 3 is 2.69 bits per heavy atom. The summed E-state index contributed by atoms with van der Waals surface area (Å²) in [4.78, 5) is 22.8. The molecule has 0 bridgehead atoms. The van der Waals surface area contributed by atoms with Gasteiger partial charge in [0.05, 0.1) is 7.11 Å². The minimum atomic E-state index is -0.822. The molecule has 0 aromatic rings. The van der Waals surface area contributed by atoms with Crippen molar-refractivity contribution < 1.29 is 19.4 Å². The number of hydrogen-bond acceptors (Lipinski definition) is 3. The quantitative estimate of drug-likeness (QED) is 0.706. The highest BCUT2D eigenvalue weighted by atomic mass is 16.5. The van der Waals surface area contributed by atoms with Crippen LogP contribution in [0.3, 0.4) is 0 Å². The number of carboxylic acids is 1. The predicted molar refractivity (Wildman–Crippen MR) is 44.4 cm³/mol. The number of carbonyl (C=O) groups excluding carboxylic acids is 1. The number of likely N-dealkylation sites (tertiary alicyclic amines) is 1. The first-order valence-corrected chi connectivity index (χ1v) is 4.21. The second-order valence-electron chi connectivity index (χ2n) is 3.04. The molecule has 1 saturated heterocycles. The van der Waals surface area contributed by atoms with Gasteiger partial charge >= 0.3 is 12.1 Å². The molecule has 5 nitrogen and oxygen atoms in total. The van der Waals surface area contributed by atoms with Crippen LogP contribution in [0.2, 0.25) is 0 Å². The third-order valence-electron chi connectivity index (χ3n) is 2.24. The Labute approximate surface area is 76.3 Å². The van der Waals surface area contributed by atoms with Crippen LogP contribution < -0.4 is 0 Å². The first-order valence-electron chi connectivity index (χ1n) is 4.21. The Hall–Kier alpha value is -1.26. The molecule has 1 rings (SSSR count). The summed E-state index contributed by atoms with van der Waals surface area (Å²) < 4.78 is 4.53. The summed E-state index contributed by atoms with van der Waals surface area (Å²) in [5.74, 6) is -0.822. The van der Waals surface area contributed by atoms with E-state index < -0.39 is 5.97 Å². The maximum Gasteiger partial charge on any atom is 0.409 e. The summed E-state index contributed by atoms with van der Waals surface area (Å²) in [7, 11) is 1.33. The van der Waals surface area contributed by atoms with E-state index in [0.29, 0.717) is 13.0 Å². The van der Waals surface area contributed by atoms with Crippen molar-refractivity contribution in [2.75, 3.05) is 13.7 Å². The minimum Gasteiger partial charge on any atom is -0.481 e. The molecule has 0 aliphatic carbocycles. The molecular weight excluding hydrogens is 174 g/mol. The minimum absolute atomic E-state index is 0.0588. The second kappa shape index (κ2) is 4.11. The lowest BCUT2D eigenvalue weighted by Crippen LogP contribution is -2.51. The number of methoxy groups -OCH3 is 1. The molecule has 0 saturated carbocycles. The maximum absolute atomic E-state index is 11.0. The molecule has 0 aromatic heterocycles. The first-order chi connectivity index (χ1) is 6.15. The number of amides is 1. The topological polar surface area (TPSA) is 66.8 Å². The van der Waals surface area contributed by atoms with Gasteiger partial charge in [-0.25, -0.2) is 4.79 Å². The van der Waals surface area contributed by atoms with Gasteiger partial charge in [-0.2, -0.15) is 0 Å². The lowest BCUT2D eigenvalue weighted by atomic mass is 9.99. The molecule has 1 aliphatic rings. The molecular formula is C8H13NO4. The number of rotatable bonds is 3. The lowest BCUT2D eigenvalue weighted by Gasteiger charge is -2.39. The van der Waals surface area contributed by atoms with Crippen LogP contribution >= 0.6 is 0 Å². The summed E-state index contributed by atoms with van der Waals surface area (Å²) in [6.45, 7) is 0.678. The average Bonchev–Trinajstić information content (AvgIpc) is 2.01. The van der Waals surface area contributed by atoms with Gasteiger partial charge in [-0.3, -0.25) is 4.79 Å². The summed E-state index contributed by atoms with van der Waals surface area (Å²) >= 11 is 0. The SMILES string of the molecule is COC(=O)N1CCC1CCC(=O)O. The lowest BCUT2D eigenvalue weighted by molar-refractivity contribution is -0.137. The number of hydrogen-bond donors (Lipinski definition) is 1. The molecule has 1 atom stereocenters. The van der Waals surface area contributed by atoms with Gasteiger partial charge in [0.15, 0.2) is 0 Å². The van der Waals surface area contributed by atoms with Crippen LogP contribution in [0, 0.1) is 0 Å². The van der Waals surface area contributed by atoms with Gasteiger partial charge in [0.1, 0.15) is 0 Å². The summed E-state index contributed by atoms with van der Waals surface area (Å²) in [6.07, 6.45) is 1.15. The van der Waals surface area contributed by atoms with Gasteiger partial charge in [-0.05, 0) is 12.8 Å². The van der Waals surface area contributed by atoms with Crippen molar-refractivity contribution >= 4 is 12.1 Å². The van der Waals surface area contributed by atoms with Crippen LogP contribution in [0.4, 0.5) is 4.79 Å².